The largest absolute Gasteiger partial charge is 0.469 e. The SMILES string of the molecule is COC(=O)CCCCCC/C=C\C/C=C\CCCCCCO. The van der Waals surface area contributed by atoms with Crippen LogP contribution in [0.1, 0.15) is 77.0 Å². The van der Waals surface area contributed by atoms with Gasteiger partial charge in [-0.15, -0.1) is 0 Å². The Hall–Kier alpha value is -1.09. The fourth-order valence-corrected chi connectivity index (χ4v) is 2.22. The van der Waals surface area contributed by atoms with Crippen LogP contribution in [-0.2, 0) is 9.53 Å². The number of hydrogen-bond donors (Lipinski definition) is 1. The van der Waals surface area contributed by atoms with E-state index in [-0.39, 0.29) is 5.97 Å². The van der Waals surface area contributed by atoms with Crippen LogP contribution in [-0.4, -0.2) is 24.8 Å². The number of methoxy groups -OCH3 is 1. The van der Waals surface area contributed by atoms with Gasteiger partial charge in [-0.3, -0.25) is 4.79 Å². The van der Waals surface area contributed by atoms with E-state index in [0.717, 1.165) is 44.9 Å². The maximum Gasteiger partial charge on any atom is 0.305 e. The average molecular weight is 310 g/mol. The number of aliphatic hydroxyl groups is 1. The third-order valence-electron chi connectivity index (χ3n) is 3.61. The van der Waals surface area contributed by atoms with E-state index < -0.39 is 0 Å². The van der Waals surface area contributed by atoms with Gasteiger partial charge in [0.05, 0.1) is 7.11 Å². The number of unbranched alkanes of at least 4 members (excludes halogenated alkanes) is 8. The summed E-state index contributed by atoms with van der Waals surface area (Å²) in [6, 6.07) is 0. The molecule has 0 bridgehead atoms. The third kappa shape index (κ3) is 17.0. The van der Waals surface area contributed by atoms with Gasteiger partial charge in [0.1, 0.15) is 0 Å². The molecule has 1 N–H and O–H groups in total. The number of hydrogen-bond acceptors (Lipinski definition) is 3. The van der Waals surface area contributed by atoms with Gasteiger partial charge in [0, 0.05) is 13.0 Å². The summed E-state index contributed by atoms with van der Waals surface area (Å²) in [4.78, 5) is 10.9. The zero-order valence-corrected chi connectivity index (χ0v) is 14.3. The summed E-state index contributed by atoms with van der Waals surface area (Å²) in [5, 5.41) is 8.66. The van der Waals surface area contributed by atoms with E-state index in [1.807, 2.05) is 0 Å². The Kier molecular flexibility index (Phi) is 17.1. The highest BCUT2D eigenvalue weighted by Gasteiger charge is 1.98. The number of rotatable bonds is 15. The standard InChI is InChI=1S/C19H34O3/c1-22-19(21)17-15-13-11-9-7-5-3-2-4-6-8-10-12-14-16-18-20/h3-6,20H,2,7-18H2,1H3/b5-3-,6-4-. The molecule has 0 fully saturated rings. The minimum absolute atomic E-state index is 0.0971. The number of allylic oxidation sites excluding steroid dienone is 4. The molecule has 0 aliphatic heterocycles. The second kappa shape index (κ2) is 18.0. The lowest BCUT2D eigenvalue weighted by Gasteiger charge is -1.99. The molecule has 128 valence electrons. The van der Waals surface area contributed by atoms with E-state index in [9.17, 15) is 4.79 Å². The highest BCUT2D eigenvalue weighted by Crippen LogP contribution is 2.07. The van der Waals surface area contributed by atoms with Gasteiger partial charge in [-0.25, -0.2) is 0 Å². The molecule has 0 atom stereocenters. The molecule has 0 aromatic heterocycles. The maximum absolute atomic E-state index is 10.9. The molecular formula is C19H34O3. The predicted octanol–water partition coefficient (Wildman–Crippen LogP) is 4.95. The Morgan fingerprint density at radius 1 is 0.818 bits per heavy atom. The predicted molar refractivity (Wildman–Crippen MR) is 92.8 cm³/mol. The fraction of sp³-hybridized carbons (Fsp3) is 0.737. The van der Waals surface area contributed by atoms with Crippen LogP contribution in [0.3, 0.4) is 0 Å². The summed E-state index contributed by atoms with van der Waals surface area (Å²) in [7, 11) is 1.44. The lowest BCUT2D eigenvalue weighted by atomic mass is 10.1. The van der Waals surface area contributed by atoms with Crippen molar-refractivity contribution in [3.8, 4) is 0 Å². The van der Waals surface area contributed by atoms with Crippen molar-refractivity contribution < 1.29 is 14.6 Å². The second-order valence-corrected chi connectivity index (χ2v) is 5.63. The third-order valence-corrected chi connectivity index (χ3v) is 3.61. The molecule has 0 amide bonds. The molecular weight excluding hydrogens is 276 g/mol. The van der Waals surface area contributed by atoms with Gasteiger partial charge < -0.3 is 9.84 Å². The molecule has 3 nitrogen and oxygen atoms in total. The molecule has 0 unspecified atom stereocenters. The van der Waals surface area contributed by atoms with Crippen LogP contribution in [0.4, 0.5) is 0 Å². The van der Waals surface area contributed by atoms with E-state index in [0.29, 0.717) is 13.0 Å². The summed E-state index contributed by atoms with van der Waals surface area (Å²) in [6.45, 7) is 0.325. The van der Waals surface area contributed by atoms with E-state index >= 15 is 0 Å². The average Bonchev–Trinajstić information content (AvgIpc) is 2.54. The zero-order chi connectivity index (χ0) is 16.3. The van der Waals surface area contributed by atoms with Gasteiger partial charge >= 0.3 is 5.97 Å². The smallest absolute Gasteiger partial charge is 0.305 e. The zero-order valence-electron chi connectivity index (χ0n) is 14.3. The molecule has 0 heterocycles. The highest BCUT2D eigenvalue weighted by atomic mass is 16.5. The van der Waals surface area contributed by atoms with Crippen LogP contribution < -0.4 is 0 Å². The summed E-state index contributed by atoms with van der Waals surface area (Å²) >= 11 is 0. The summed E-state index contributed by atoms with van der Waals surface area (Å²) in [6.07, 6.45) is 21.8. The number of carbonyl (C=O) groups excluding carboxylic acids is 1. The van der Waals surface area contributed by atoms with Gasteiger partial charge in [0.2, 0.25) is 0 Å². The molecule has 0 aliphatic rings. The summed E-state index contributed by atoms with van der Waals surface area (Å²) < 4.78 is 4.61. The van der Waals surface area contributed by atoms with E-state index in [2.05, 4.69) is 29.0 Å². The van der Waals surface area contributed by atoms with Crippen LogP contribution in [0.2, 0.25) is 0 Å². The quantitative estimate of drug-likeness (QED) is 0.264. The van der Waals surface area contributed by atoms with Crippen LogP contribution in [0, 0.1) is 0 Å². The number of esters is 1. The van der Waals surface area contributed by atoms with Crippen molar-refractivity contribution in [1.82, 2.24) is 0 Å². The minimum Gasteiger partial charge on any atom is -0.469 e. The Balaban J connectivity index is 3.22. The van der Waals surface area contributed by atoms with Gasteiger partial charge in [-0.05, 0) is 44.9 Å². The van der Waals surface area contributed by atoms with E-state index in [1.165, 1.54) is 32.8 Å². The molecule has 0 saturated carbocycles. The first-order valence-electron chi connectivity index (χ1n) is 8.79. The summed E-state index contributed by atoms with van der Waals surface area (Å²) in [5.74, 6) is -0.0971. The molecule has 0 rings (SSSR count). The molecule has 0 aromatic carbocycles. The lowest BCUT2D eigenvalue weighted by molar-refractivity contribution is -0.140. The van der Waals surface area contributed by atoms with Crippen LogP contribution >= 0.6 is 0 Å². The Labute approximate surface area is 136 Å². The molecule has 22 heavy (non-hydrogen) atoms. The number of ether oxygens (including phenoxy) is 1. The van der Waals surface area contributed by atoms with Crippen molar-refractivity contribution in [3.63, 3.8) is 0 Å². The van der Waals surface area contributed by atoms with Gasteiger partial charge in [-0.2, -0.15) is 0 Å². The molecule has 0 spiro atoms. The van der Waals surface area contributed by atoms with Gasteiger partial charge in [0.15, 0.2) is 0 Å². The van der Waals surface area contributed by atoms with Crippen molar-refractivity contribution in [2.45, 2.75) is 77.0 Å². The van der Waals surface area contributed by atoms with E-state index in [1.54, 1.807) is 0 Å². The topological polar surface area (TPSA) is 46.5 Å². The van der Waals surface area contributed by atoms with Crippen molar-refractivity contribution in [2.75, 3.05) is 13.7 Å². The van der Waals surface area contributed by atoms with Crippen molar-refractivity contribution in [1.29, 1.82) is 0 Å². The van der Waals surface area contributed by atoms with Crippen LogP contribution in [0.5, 0.6) is 0 Å². The monoisotopic (exact) mass is 310 g/mol. The maximum atomic E-state index is 10.9. The fourth-order valence-electron chi connectivity index (χ4n) is 2.22. The van der Waals surface area contributed by atoms with Gasteiger partial charge in [-0.1, -0.05) is 50.0 Å². The van der Waals surface area contributed by atoms with Crippen LogP contribution in [0.25, 0.3) is 0 Å². The van der Waals surface area contributed by atoms with Crippen LogP contribution in [0.15, 0.2) is 24.3 Å². The Morgan fingerprint density at radius 2 is 1.36 bits per heavy atom. The van der Waals surface area contributed by atoms with Gasteiger partial charge in [0.25, 0.3) is 0 Å². The molecule has 0 radical (unpaired) electrons. The first-order chi connectivity index (χ1) is 10.8. The number of carbonyl (C=O) groups is 1. The highest BCUT2D eigenvalue weighted by molar-refractivity contribution is 5.68. The van der Waals surface area contributed by atoms with Crippen molar-refractivity contribution in [2.24, 2.45) is 0 Å². The second-order valence-electron chi connectivity index (χ2n) is 5.63. The van der Waals surface area contributed by atoms with Crippen molar-refractivity contribution >= 4 is 5.97 Å². The lowest BCUT2D eigenvalue weighted by Crippen LogP contribution is -1.98. The minimum atomic E-state index is -0.0971. The normalized spacial score (nSPS) is 11.5. The number of aliphatic hydroxyl groups excluding tert-OH is 1. The molecule has 0 aromatic rings. The molecule has 3 heteroatoms. The summed E-state index contributed by atoms with van der Waals surface area (Å²) in [5.41, 5.74) is 0. The molecule has 0 saturated heterocycles. The molecule has 0 aliphatic carbocycles. The first-order valence-corrected chi connectivity index (χ1v) is 8.79. The van der Waals surface area contributed by atoms with Crippen molar-refractivity contribution in [3.05, 3.63) is 24.3 Å². The Morgan fingerprint density at radius 3 is 1.91 bits per heavy atom. The first kappa shape index (κ1) is 20.9. The Bertz CT molecular complexity index is 295. The van der Waals surface area contributed by atoms with E-state index in [4.69, 9.17) is 5.11 Å².